The second-order valence-electron chi connectivity index (χ2n) is 4.08. The number of benzene rings is 2. The normalized spacial score (nSPS) is 10.1. The van der Waals surface area contributed by atoms with Gasteiger partial charge in [0.1, 0.15) is 5.82 Å². The Morgan fingerprint density at radius 1 is 1.20 bits per heavy atom. The van der Waals surface area contributed by atoms with Gasteiger partial charge in [0.05, 0.1) is 4.90 Å². The average molecular weight is 289 g/mol. The van der Waals surface area contributed by atoms with E-state index >= 15 is 0 Å². The molecule has 1 amide bonds. The molecular weight excluding hydrogens is 277 g/mol. The quantitative estimate of drug-likeness (QED) is 0.872. The highest BCUT2D eigenvalue weighted by Gasteiger charge is 2.09. The summed E-state index contributed by atoms with van der Waals surface area (Å²) in [4.78, 5) is 22.9. The van der Waals surface area contributed by atoms with Crippen molar-refractivity contribution >= 4 is 29.6 Å². The van der Waals surface area contributed by atoms with Crippen LogP contribution in [0.15, 0.2) is 52.3 Å². The Bertz CT molecular complexity index is 641. The van der Waals surface area contributed by atoms with Crippen LogP contribution in [0.25, 0.3) is 0 Å². The van der Waals surface area contributed by atoms with Gasteiger partial charge >= 0.3 is 0 Å². The number of carbonyl (C=O) groups excluding carboxylic acids is 2. The third-order valence-electron chi connectivity index (χ3n) is 2.52. The molecule has 0 aliphatic carbocycles. The molecule has 2 aromatic carbocycles. The van der Waals surface area contributed by atoms with Crippen LogP contribution in [0, 0.1) is 5.82 Å². The van der Waals surface area contributed by atoms with Crippen LogP contribution in [0.4, 0.5) is 10.1 Å². The first-order valence-electron chi connectivity index (χ1n) is 5.89. The highest BCUT2D eigenvalue weighted by atomic mass is 32.2. The smallest absolute Gasteiger partial charge is 0.221 e. The molecule has 0 aliphatic rings. The third-order valence-corrected chi connectivity index (χ3v) is 3.66. The maximum absolute atomic E-state index is 13.7. The van der Waals surface area contributed by atoms with Crippen LogP contribution < -0.4 is 5.32 Å². The lowest BCUT2D eigenvalue weighted by Gasteiger charge is -2.07. The first-order valence-corrected chi connectivity index (χ1v) is 6.71. The van der Waals surface area contributed by atoms with Crippen LogP contribution in [-0.4, -0.2) is 12.2 Å². The number of hydrogen-bond acceptors (Lipinski definition) is 3. The zero-order valence-corrected chi connectivity index (χ0v) is 11.5. The predicted octanol–water partition coefficient (Wildman–Crippen LogP) is 3.75. The summed E-state index contributed by atoms with van der Waals surface area (Å²) in [5, 5.41) is 2.65. The number of carbonyl (C=O) groups is 2. The lowest BCUT2D eigenvalue weighted by Crippen LogP contribution is -2.05. The maximum Gasteiger partial charge on any atom is 0.221 e. The molecule has 0 radical (unpaired) electrons. The second kappa shape index (κ2) is 6.34. The van der Waals surface area contributed by atoms with Crippen molar-refractivity contribution < 1.29 is 14.0 Å². The lowest BCUT2D eigenvalue weighted by atomic mass is 10.2. The SMILES string of the molecule is CC(=O)Nc1ccc(Sc2c(F)cccc2C=O)cc1. The molecule has 2 rings (SSSR count). The predicted molar refractivity (Wildman–Crippen MR) is 76.7 cm³/mol. The van der Waals surface area contributed by atoms with Gasteiger partial charge in [-0.25, -0.2) is 4.39 Å². The second-order valence-corrected chi connectivity index (χ2v) is 5.17. The van der Waals surface area contributed by atoms with Gasteiger partial charge in [-0.15, -0.1) is 0 Å². The van der Waals surface area contributed by atoms with Crippen molar-refractivity contribution in [2.75, 3.05) is 5.32 Å². The van der Waals surface area contributed by atoms with Crippen LogP contribution in [0.5, 0.6) is 0 Å². The number of hydrogen-bond donors (Lipinski definition) is 1. The molecule has 5 heteroatoms. The lowest BCUT2D eigenvalue weighted by molar-refractivity contribution is -0.114. The van der Waals surface area contributed by atoms with Crippen molar-refractivity contribution in [3.05, 3.63) is 53.8 Å². The fourth-order valence-electron chi connectivity index (χ4n) is 1.65. The zero-order chi connectivity index (χ0) is 14.5. The third kappa shape index (κ3) is 3.45. The summed E-state index contributed by atoms with van der Waals surface area (Å²) < 4.78 is 13.7. The van der Waals surface area contributed by atoms with Gasteiger partial charge in [0.25, 0.3) is 0 Å². The molecule has 0 aromatic heterocycles. The van der Waals surface area contributed by atoms with Gasteiger partial charge in [0.15, 0.2) is 6.29 Å². The Labute approximate surface area is 120 Å². The van der Waals surface area contributed by atoms with Crippen molar-refractivity contribution in [3.8, 4) is 0 Å². The molecule has 3 nitrogen and oxygen atoms in total. The van der Waals surface area contributed by atoms with Crippen molar-refractivity contribution in [3.63, 3.8) is 0 Å². The van der Waals surface area contributed by atoms with E-state index in [1.54, 1.807) is 30.3 Å². The monoisotopic (exact) mass is 289 g/mol. The fraction of sp³-hybridized carbons (Fsp3) is 0.0667. The Balaban J connectivity index is 2.22. The molecule has 0 unspecified atom stereocenters. The van der Waals surface area contributed by atoms with Crippen LogP contribution in [0.1, 0.15) is 17.3 Å². The van der Waals surface area contributed by atoms with Gasteiger partial charge < -0.3 is 5.32 Å². The molecule has 0 saturated carbocycles. The standard InChI is InChI=1S/C15H12FNO2S/c1-10(19)17-12-5-7-13(8-6-12)20-15-11(9-18)3-2-4-14(15)16/h2-9H,1H3,(H,17,19). The molecule has 2 aromatic rings. The van der Waals surface area contributed by atoms with Crippen molar-refractivity contribution in [1.29, 1.82) is 0 Å². The van der Waals surface area contributed by atoms with E-state index < -0.39 is 5.82 Å². The summed E-state index contributed by atoms with van der Waals surface area (Å²) in [6.07, 6.45) is 0.636. The number of nitrogens with one attached hydrogen (secondary N) is 1. The molecule has 0 saturated heterocycles. The summed E-state index contributed by atoms with van der Waals surface area (Å²) in [5.41, 5.74) is 0.993. The number of halogens is 1. The molecule has 20 heavy (non-hydrogen) atoms. The first-order chi connectivity index (χ1) is 9.60. The van der Waals surface area contributed by atoms with Gasteiger partial charge in [-0.3, -0.25) is 9.59 Å². The minimum atomic E-state index is -0.425. The Morgan fingerprint density at radius 3 is 2.50 bits per heavy atom. The van der Waals surface area contributed by atoms with Crippen LogP contribution in [0.2, 0.25) is 0 Å². The van der Waals surface area contributed by atoms with Crippen LogP contribution in [0.3, 0.4) is 0 Å². The molecule has 1 N–H and O–H groups in total. The summed E-state index contributed by atoms with van der Waals surface area (Å²) in [6.45, 7) is 1.43. The van der Waals surface area contributed by atoms with Crippen LogP contribution >= 0.6 is 11.8 Å². The van der Waals surface area contributed by atoms with E-state index in [1.807, 2.05) is 0 Å². The first kappa shape index (κ1) is 14.3. The molecule has 0 atom stereocenters. The number of amides is 1. The molecular formula is C15H12FNO2S. The number of aldehydes is 1. The Kier molecular flexibility index (Phi) is 4.53. The largest absolute Gasteiger partial charge is 0.326 e. The van der Waals surface area contributed by atoms with E-state index in [9.17, 15) is 14.0 Å². The summed E-state index contributed by atoms with van der Waals surface area (Å²) in [5.74, 6) is -0.576. The van der Waals surface area contributed by atoms with Gasteiger partial charge in [0, 0.05) is 23.1 Å². The van der Waals surface area contributed by atoms with Gasteiger partial charge in [-0.1, -0.05) is 23.9 Å². The summed E-state index contributed by atoms with van der Waals surface area (Å²) >= 11 is 1.17. The highest BCUT2D eigenvalue weighted by molar-refractivity contribution is 7.99. The number of rotatable bonds is 4. The van der Waals surface area contributed by atoms with Gasteiger partial charge in [-0.2, -0.15) is 0 Å². The van der Waals surface area contributed by atoms with Gasteiger partial charge in [0.2, 0.25) is 5.91 Å². The van der Waals surface area contributed by atoms with E-state index in [4.69, 9.17) is 0 Å². The van der Waals surface area contributed by atoms with E-state index in [-0.39, 0.29) is 5.91 Å². The maximum atomic E-state index is 13.7. The topological polar surface area (TPSA) is 46.2 Å². The fourth-order valence-corrected chi connectivity index (χ4v) is 2.56. The van der Waals surface area contributed by atoms with E-state index in [2.05, 4.69) is 5.32 Å². The molecule has 102 valence electrons. The average Bonchev–Trinajstić information content (AvgIpc) is 2.42. The molecule has 0 spiro atoms. The number of anilines is 1. The van der Waals surface area contributed by atoms with E-state index in [1.165, 1.54) is 30.8 Å². The molecule has 0 heterocycles. The summed E-state index contributed by atoms with van der Waals surface area (Å²) in [6, 6.07) is 11.4. The van der Waals surface area contributed by atoms with E-state index in [0.29, 0.717) is 22.4 Å². The minimum absolute atomic E-state index is 0.150. The zero-order valence-electron chi connectivity index (χ0n) is 10.7. The molecule has 0 bridgehead atoms. The van der Waals surface area contributed by atoms with Gasteiger partial charge in [-0.05, 0) is 30.3 Å². The van der Waals surface area contributed by atoms with Crippen molar-refractivity contribution in [2.45, 2.75) is 16.7 Å². The minimum Gasteiger partial charge on any atom is -0.326 e. The van der Waals surface area contributed by atoms with E-state index in [0.717, 1.165) is 4.90 Å². The summed E-state index contributed by atoms with van der Waals surface area (Å²) in [7, 11) is 0. The van der Waals surface area contributed by atoms with Crippen molar-refractivity contribution in [1.82, 2.24) is 0 Å². The Morgan fingerprint density at radius 2 is 1.90 bits per heavy atom. The molecule has 0 aliphatic heterocycles. The highest BCUT2D eigenvalue weighted by Crippen LogP contribution is 2.32. The van der Waals surface area contributed by atoms with Crippen molar-refractivity contribution in [2.24, 2.45) is 0 Å². The molecule has 0 fully saturated rings. The van der Waals surface area contributed by atoms with Crippen LogP contribution in [-0.2, 0) is 4.79 Å². The Hall–Kier alpha value is -2.14.